The summed E-state index contributed by atoms with van der Waals surface area (Å²) in [7, 11) is 1.63. The first kappa shape index (κ1) is 24.4. The van der Waals surface area contributed by atoms with Crippen LogP contribution >= 0.6 is 23.2 Å². The van der Waals surface area contributed by atoms with E-state index in [9.17, 15) is 9.59 Å². The maximum Gasteiger partial charge on any atom is 0.336 e. The lowest BCUT2D eigenvalue weighted by atomic mass is 9.71. The molecule has 0 bridgehead atoms. The Kier molecular flexibility index (Phi) is 7.34. The fraction of sp³-hybridized carbons (Fsp3) is 0.333. The van der Waals surface area contributed by atoms with Crippen LogP contribution < -0.4 is 10.1 Å². The van der Waals surface area contributed by atoms with E-state index in [1.54, 1.807) is 19.2 Å². The van der Waals surface area contributed by atoms with Gasteiger partial charge in [0.1, 0.15) is 5.75 Å². The molecule has 1 aliphatic carbocycles. The van der Waals surface area contributed by atoms with Crippen molar-refractivity contribution < 1.29 is 19.1 Å². The van der Waals surface area contributed by atoms with Crippen molar-refractivity contribution in [1.82, 2.24) is 5.32 Å². The number of rotatable bonds is 6. The van der Waals surface area contributed by atoms with Gasteiger partial charge in [0, 0.05) is 29.3 Å². The van der Waals surface area contributed by atoms with Gasteiger partial charge in [0.2, 0.25) is 0 Å². The van der Waals surface area contributed by atoms with Crippen molar-refractivity contribution in [2.24, 2.45) is 0 Å². The number of carbonyl (C=O) groups is 2. The Bertz CT molecular complexity index is 1180. The summed E-state index contributed by atoms with van der Waals surface area (Å²) in [5.74, 6) is -0.336. The quantitative estimate of drug-likeness (QED) is 0.471. The molecule has 0 unspecified atom stereocenters. The molecule has 2 aromatic carbocycles. The van der Waals surface area contributed by atoms with Gasteiger partial charge < -0.3 is 14.8 Å². The second-order valence-corrected chi connectivity index (χ2v) is 9.35. The molecule has 178 valence electrons. The first-order chi connectivity index (χ1) is 16.3. The Labute approximate surface area is 209 Å². The highest BCUT2D eigenvalue weighted by atomic mass is 35.5. The lowest BCUT2D eigenvalue weighted by Crippen LogP contribution is -2.36. The standard InChI is InChI=1S/C27H27Cl2NO4/c1-4-12-34-27(32)23-15(2)30-21-13-17(16-8-10-18(33-3)11-9-16)14-22(31)25(21)24(23)19-6-5-7-20(28)26(19)29/h5-11,17,24,30H,4,12-14H2,1-3H3/t17-,24+/m0/s1. The van der Waals surface area contributed by atoms with Crippen LogP contribution in [0.5, 0.6) is 5.75 Å². The number of ether oxygens (including phenoxy) is 2. The van der Waals surface area contributed by atoms with Gasteiger partial charge in [0.25, 0.3) is 0 Å². The minimum Gasteiger partial charge on any atom is -0.497 e. The van der Waals surface area contributed by atoms with E-state index >= 15 is 0 Å². The second-order valence-electron chi connectivity index (χ2n) is 8.57. The first-order valence-electron chi connectivity index (χ1n) is 11.3. The number of ketones is 1. The van der Waals surface area contributed by atoms with E-state index in [1.807, 2.05) is 44.2 Å². The fourth-order valence-corrected chi connectivity index (χ4v) is 5.17. The Hall–Kier alpha value is -2.76. The predicted molar refractivity (Wildman–Crippen MR) is 133 cm³/mol. The highest BCUT2D eigenvalue weighted by Crippen LogP contribution is 2.48. The van der Waals surface area contributed by atoms with Crippen molar-refractivity contribution in [3.63, 3.8) is 0 Å². The third-order valence-electron chi connectivity index (χ3n) is 6.36. The van der Waals surface area contributed by atoms with Gasteiger partial charge in [-0.2, -0.15) is 0 Å². The highest BCUT2D eigenvalue weighted by molar-refractivity contribution is 6.42. The molecule has 0 saturated carbocycles. The van der Waals surface area contributed by atoms with Gasteiger partial charge in [-0.05, 0) is 55.0 Å². The van der Waals surface area contributed by atoms with E-state index < -0.39 is 11.9 Å². The van der Waals surface area contributed by atoms with Crippen molar-refractivity contribution in [2.75, 3.05) is 13.7 Å². The summed E-state index contributed by atoms with van der Waals surface area (Å²) in [5, 5.41) is 4.06. The number of hydrogen-bond donors (Lipinski definition) is 1. The van der Waals surface area contributed by atoms with Crippen LogP contribution in [0.4, 0.5) is 0 Å². The molecule has 7 heteroatoms. The molecule has 1 N–H and O–H groups in total. The average molecular weight is 500 g/mol. The molecule has 2 aromatic rings. The molecule has 0 amide bonds. The van der Waals surface area contributed by atoms with Gasteiger partial charge in [-0.15, -0.1) is 0 Å². The van der Waals surface area contributed by atoms with Crippen LogP contribution in [0.15, 0.2) is 65.0 Å². The number of allylic oxidation sites excluding steroid dienone is 3. The Balaban J connectivity index is 1.79. The number of carbonyl (C=O) groups excluding carboxylic acids is 2. The van der Waals surface area contributed by atoms with Crippen molar-refractivity contribution in [1.29, 1.82) is 0 Å². The van der Waals surface area contributed by atoms with Gasteiger partial charge in [-0.1, -0.05) is 54.4 Å². The topological polar surface area (TPSA) is 64.6 Å². The zero-order valence-electron chi connectivity index (χ0n) is 19.4. The van der Waals surface area contributed by atoms with Crippen LogP contribution in [0.3, 0.4) is 0 Å². The Morgan fingerprint density at radius 2 is 1.85 bits per heavy atom. The van der Waals surface area contributed by atoms with Crippen LogP contribution in [0.1, 0.15) is 56.1 Å². The lowest BCUT2D eigenvalue weighted by Gasteiger charge is -2.37. The number of nitrogens with one attached hydrogen (secondary N) is 1. The van der Waals surface area contributed by atoms with Crippen molar-refractivity contribution >= 4 is 35.0 Å². The first-order valence-corrected chi connectivity index (χ1v) is 12.1. The van der Waals surface area contributed by atoms with Crippen molar-refractivity contribution in [3.05, 3.63) is 86.2 Å². The Morgan fingerprint density at radius 1 is 1.12 bits per heavy atom. The van der Waals surface area contributed by atoms with Crippen LogP contribution in [-0.2, 0) is 14.3 Å². The number of benzene rings is 2. The van der Waals surface area contributed by atoms with E-state index in [2.05, 4.69) is 5.32 Å². The summed E-state index contributed by atoms with van der Waals surface area (Å²) < 4.78 is 10.8. The van der Waals surface area contributed by atoms with Crippen LogP contribution in [-0.4, -0.2) is 25.5 Å². The third kappa shape index (κ3) is 4.59. The van der Waals surface area contributed by atoms with Gasteiger partial charge in [0.05, 0.1) is 29.3 Å². The lowest BCUT2D eigenvalue weighted by molar-refractivity contribution is -0.139. The molecule has 34 heavy (non-hydrogen) atoms. The average Bonchev–Trinajstić information content (AvgIpc) is 2.83. The molecule has 0 radical (unpaired) electrons. The van der Waals surface area contributed by atoms with Crippen LogP contribution in [0, 0.1) is 0 Å². The molecule has 0 spiro atoms. The normalized spacial score (nSPS) is 20.1. The monoisotopic (exact) mass is 499 g/mol. The summed E-state index contributed by atoms with van der Waals surface area (Å²) in [6.45, 7) is 4.06. The number of Topliss-reactive ketones (excluding diaryl/α,β-unsaturated/α-hetero) is 1. The molecule has 1 aliphatic heterocycles. The summed E-state index contributed by atoms with van der Waals surface area (Å²) in [4.78, 5) is 26.8. The van der Waals surface area contributed by atoms with Gasteiger partial charge in [0.15, 0.2) is 5.78 Å². The molecule has 4 rings (SSSR count). The molecule has 0 aromatic heterocycles. The largest absolute Gasteiger partial charge is 0.497 e. The summed E-state index contributed by atoms with van der Waals surface area (Å²) in [6.07, 6.45) is 1.67. The molecule has 2 aliphatic rings. The van der Waals surface area contributed by atoms with E-state index in [0.717, 1.165) is 17.0 Å². The molecular weight excluding hydrogens is 473 g/mol. The van der Waals surface area contributed by atoms with E-state index in [-0.39, 0.29) is 11.7 Å². The number of methoxy groups -OCH3 is 1. The van der Waals surface area contributed by atoms with E-state index in [0.29, 0.717) is 58.3 Å². The van der Waals surface area contributed by atoms with Gasteiger partial charge in [-0.3, -0.25) is 4.79 Å². The molecule has 0 saturated heterocycles. The van der Waals surface area contributed by atoms with Crippen molar-refractivity contribution in [3.8, 4) is 5.75 Å². The molecule has 2 atom stereocenters. The fourth-order valence-electron chi connectivity index (χ4n) is 4.75. The minimum absolute atomic E-state index is 0.0153. The third-order valence-corrected chi connectivity index (χ3v) is 7.20. The predicted octanol–water partition coefficient (Wildman–Crippen LogP) is 6.32. The second kappa shape index (κ2) is 10.2. The smallest absolute Gasteiger partial charge is 0.336 e. The van der Waals surface area contributed by atoms with Crippen LogP contribution in [0.2, 0.25) is 10.0 Å². The summed E-state index contributed by atoms with van der Waals surface area (Å²) >= 11 is 12.9. The minimum atomic E-state index is -0.642. The molecule has 1 heterocycles. The number of halogens is 2. The zero-order valence-corrected chi connectivity index (χ0v) is 20.9. The van der Waals surface area contributed by atoms with Gasteiger partial charge in [-0.25, -0.2) is 4.79 Å². The summed E-state index contributed by atoms with van der Waals surface area (Å²) in [5.41, 5.74) is 4.11. The summed E-state index contributed by atoms with van der Waals surface area (Å²) in [6, 6.07) is 13.1. The maximum absolute atomic E-state index is 13.6. The van der Waals surface area contributed by atoms with Crippen molar-refractivity contribution in [2.45, 2.75) is 44.9 Å². The van der Waals surface area contributed by atoms with Gasteiger partial charge >= 0.3 is 5.97 Å². The molecule has 5 nitrogen and oxygen atoms in total. The maximum atomic E-state index is 13.6. The van der Waals surface area contributed by atoms with Crippen LogP contribution in [0.25, 0.3) is 0 Å². The number of dihydropyridines is 1. The Morgan fingerprint density at radius 3 is 2.53 bits per heavy atom. The number of esters is 1. The zero-order chi connectivity index (χ0) is 24.4. The van der Waals surface area contributed by atoms with E-state index in [4.69, 9.17) is 32.7 Å². The number of hydrogen-bond acceptors (Lipinski definition) is 5. The van der Waals surface area contributed by atoms with E-state index in [1.165, 1.54) is 0 Å². The molecule has 0 fully saturated rings. The SMILES string of the molecule is CCCOC(=O)C1=C(C)NC2=C(C(=O)C[C@@H](c3ccc(OC)cc3)C2)[C@@H]1c1cccc(Cl)c1Cl. The highest BCUT2D eigenvalue weighted by Gasteiger charge is 2.42. The molecular formula is C27H27Cl2NO4.